The molecule has 162 valence electrons. The standard InChI is InChI=1S/C23H29NO5S/c1-5-6-12-23(2)15-24(17-10-8-7-9-11-17)19-14-20(28-3)18(22(25)29-4)13-21(19)30(26,27)16-23/h7-11,13-14H,5-6,12,15-16H2,1-4H3. The quantitative estimate of drug-likeness (QED) is 0.622. The lowest BCUT2D eigenvalue weighted by atomic mass is 9.86. The minimum atomic E-state index is -3.65. The molecule has 7 heteroatoms. The summed E-state index contributed by atoms with van der Waals surface area (Å²) >= 11 is 0. The van der Waals surface area contributed by atoms with Crippen molar-refractivity contribution >= 4 is 27.2 Å². The zero-order chi connectivity index (χ0) is 21.9. The number of benzene rings is 2. The summed E-state index contributed by atoms with van der Waals surface area (Å²) in [6.45, 7) is 4.68. The predicted molar refractivity (Wildman–Crippen MR) is 117 cm³/mol. The van der Waals surface area contributed by atoms with E-state index < -0.39 is 21.2 Å². The van der Waals surface area contributed by atoms with Gasteiger partial charge in [-0.25, -0.2) is 13.2 Å². The zero-order valence-electron chi connectivity index (χ0n) is 18.0. The van der Waals surface area contributed by atoms with Gasteiger partial charge in [0, 0.05) is 18.3 Å². The van der Waals surface area contributed by atoms with Gasteiger partial charge in [-0.05, 0) is 30.0 Å². The van der Waals surface area contributed by atoms with E-state index in [2.05, 4.69) is 6.92 Å². The van der Waals surface area contributed by atoms with Crippen LogP contribution in [0.3, 0.4) is 0 Å². The number of esters is 1. The summed E-state index contributed by atoms with van der Waals surface area (Å²) in [6.07, 6.45) is 2.73. The summed E-state index contributed by atoms with van der Waals surface area (Å²) in [5.41, 5.74) is 1.08. The van der Waals surface area contributed by atoms with Crippen molar-refractivity contribution < 1.29 is 22.7 Å². The van der Waals surface area contributed by atoms with Gasteiger partial charge in [0.05, 0.1) is 30.6 Å². The summed E-state index contributed by atoms with van der Waals surface area (Å²) < 4.78 is 37.3. The van der Waals surface area contributed by atoms with Crippen molar-refractivity contribution in [2.75, 3.05) is 31.4 Å². The molecular formula is C23H29NO5S. The Morgan fingerprint density at radius 2 is 1.87 bits per heavy atom. The van der Waals surface area contributed by atoms with Gasteiger partial charge in [-0.15, -0.1) is 0 Å². The van der Waals surface area contributed by atoms with Crippen LogP contribution in [-0.4, -0.2) is 40.9 Å². The summed E-state index contributed by atoms with van der Waals surface area (Å²) in [5, 5.41) is 0. The molecule has 0 radical (unpaired) electrons. The van der Waals surface area contributed by atoms with Crippen LogP contribution in [0.4, 0.5) is 11.4 Å². The first-order valence-electron chi connectivity index (χ1n) is 10.1. The fourth-order valence-electron chi connectivity index (χ4n) is 4.09. The fraction of sp³-hybridized carbons (Fsp3) is 0.435. The number of carbonyl (C=O) groups is 1. The zero-order valence-corrected chi connectivity index (χ0v) is 18.8. The Hall–Kier alpha value is -2.54. The van der Waals surface area contributed by atoms with Crippen molar-refractivity contribution in [1.29, 1.82) is 0 Å². The maximum Gasteiger partial charge on any atom is 0.341 e. The van der Waals surface area contributed by atoms with Gasteiger partial charge in [-0.3, -0.25) is 0 Å². The summed E-state index contributed by atoms with van der Waals surface area (Å²) in [5.74, 6) is -0.327. The summed E-state index contributed by atoms with van der Waals surface area (Å²) in [6, 6.07) is 12.7. The van der Waals surface area contributed by atoms with Crippen molar-refractivity contribution in [3.05, 3.63) is 48.0 Å². The van der Waals surface area contributed by atoms with E-state index >= 15 is 0 Å². The molecule has 0 saturated carbocycles. The van der Waals surface area contributed by atoms with Gasteiger partial charge in [-0.2, -0.15) is 0 Å². The number of rotatable bonds is 6. The number of ether oxygens (including phenoxy) is 2. The third-order valence-corrected chi connectivity index (χ3v) is 7.67. The van der Waals surface area contributed by atoms with Crippen LogP contribution in [-0.2, 0) is 14.6 Å². The van der Waals surface area contributed by atoms with Gasteiger partial charge in [-0.1, -0.05) is 44.9 Å². The van der Waals surface area contributed by atoms with Crippen LogP contribution < -0.4 is 9.64 Å². The van der Waals surface area contributed by atoms with Crippen molar-refractivity contribution in [3.63, 3.8) is 0 Å². The SMILES string of the molecule is CCCCC1(C)CN(c2ccccc2)c2cc(OC)c(C(=O)OC)cc2S(=O)(=O)C1. The highest BCUT2D eigenvalue weighted by atomic mass is 32.2. The molecule has 1 aliphatic heterocycles. The summed E-state index contributed by atoms with van der Waals surface area (Å²) in [4.78, 5) is 14.4. The maximum atomic E-state index is 13.5. The molecule has 1 aliphatic rings. The molecule has 1 heterocycles. The number of carbonyl (C=O) groups excluding carboxylic acids is 1. The lowest BCUT2D eigenvalue weighted by molar-refractivity contribution is 0.0597. The molecule has 0 N–H and O–H groups in total. The van der Waals surface area contributed by atoms with E-state index in [4.69, 9.17) is 9.47 Å². The monoisotopic (exact) mass is 431 g/mol. The van der Waals surface area contributed by atoms with Gasteiger partial charge in [0.15, 0.2) is 9.84 Å². The van der Waals surface area contributed by atoms with E-state index in [-0.39, 0.29) is 22.0 Å². The van der Waals surface area contributed by atoms with Crippen LogP contribution in [0.15, 0.2) is 47.4 Å². The van der Waals surface area contributed by atoms with Crippen molar-refractivity contribution in [1.82, 2.24) is 0 Å². The molecule has 1 unspecified atom stereocenters. The third-order valence-electron chi connectivity index (χ3n) is 5.59. The third kappa shape index (κ3) is 4.31. The first kappa shape index (κ1) is 22.2. The molecule has 2 aromatic rings. The van der Waals surface area contributed by atoms with Crippen LogP contribution >= 0.6 is 0 Å². The van der Waals surface area contributed by atoms with Gasteiger partial charge < -0.3 is 14.4 Å². The summed E-state index contributed by atoms with van der Waals surface area (Å²) in [7, 11) is -0.932. The second-order valence-corrected chi connectivity index (χ2v) is 10.1. The average Bonchev–Trinajstić information content (AvgIpc) is 2.83. The van der Waals surface area contributed by atoms with E-state index in [1.165, 1.54) is 20.3 Å². The molecule has 0 aliphatic carbocycles. The highest BCUT2D eigenvalue weighted by Gasteiger charge is 2.40. The molecule has 30 heavy (non-hydrogen) atoms. The van der Waals surface area contributed by atoms with Gasteiger partial charge in [0.2, 0.25) is 0 Å². The Morgan fingerprint density at radius 1 is 1.17 bits per heavy atom. The number of fused-ring (bicyclic) bond motifs is 1. The van der Waals surface area contributed by atoms with E-state index in [0.717, 1.165) is 24.9 Å². The van der Waals surface area contributed by atoms with E-state index in [1.807, 2.05) is 42.2 Å². The minimum absolute atomic E-state index is 0.0171. The van der Waals surface area contributed by atoms with Crippen LogP contribution in [0.2, 0.25) is 0 Å². The van der Waals surface area contributed by atoms with Crippen molar-refractivity contribution in [3.8, 4) is 5.75 Å². The van der Waals surface area contributed by atoms with E-state index in [9.17, 15) is 13.2 Å². The molecule has 3 rings (SSSR count). The number of hydrogen-bond donors (Lipinski definition) is 0. The number of methoxy groups -OCH3 is 2. The number of nitrogens with zero attached hydrogens (tertiary/aromatic N) is 1. The molecule has 1 atom stereocenters. The van der Waals surface area contributed by atoms with Crippen LogP contribution in [0.1, 0.15) is 43.5 Å². The molecule has 0 aromatic heterocycles. The largest absolute Gasteiger partial charge is 0.496 e. The van der Waals surface area contributed by atoms with Crippen molar-refractivity contribution in [2.24, 2.45) is 5.41 Å². The van der Waals surface area contributed by atoms with Crippen molar-refractivity contribution in [2.45, 2.75) is 38.0 Å². The van der Waals surface area contributed by atoms with E-state index in [0.29, 0.717) is 12.2 Å². The Labute approximate surface area is 178 Å². The smallest absolute Gasteiger partial charge is 0.341 e. The van der Waals surface area contributed by atoms with Gasteiger partial charge in [0.1, 0.15) is 11.3 Å². The maximum absolute atomic E-state index is 13.5. The first-order chi connectivity index (χ1) is 14.2. The Kier molecular flexibility index (Phi) is 6.41. The van der Waals surface area contributed by atoms with Crippen LogP contribution in [0.25, 0.3) is 0 Å². The minimum Gasteiger partial charge on any atom is -0.496 e. The first-order valence-corrected chi connectivity index (χ1v) is 11.8. The Balaban J connectivity index is 2.28. The molecule has 6 nitrogen and oxygen atoms in total. The number of para-hydroxylation sites is 1. The molecule has 0 amide bonds. The average molecular weight is 432 g/mol. The number of anilines is 2. The van der Waals surface area contributed by atoms with Crippen LogP contribution in [0.5, 0.6) is 5.75 Å². The Bertz CT molecular complexity index is 1020. The van der Waals surface area contributed by atoms with Crippen LogP contribution in [0, 0.1) is 5.41 Å². The number of unbranched alkanes of at least 4 members (excludes halogenated alkanes) is 1. The number of sulfone groups is 1. The highest BCUT2D eigenvalue weighted by molar-refractivity contribution is 7.91. The second kappa shape index (κ2) is 8.68. The predicted octanol–water partition coefficient (Wildman–Crippen LogP) is 4.60. The second-order valence-electron chi connectivity index (χ2n) is 8.11. The topological polar surface area (TPSA) is 72.9 Å². The van der Waals surface area contributed by atoms with E-state index in [1.54, 1.807) is 6.07 Å². The highest BCUT2D eigenvalue weighted by Crippen LogP contribution is 2.44. The molecule has 2 aromatic carbocycles. The fourth-order valence-corrected chi connectivity index (χ4v) is 6.18. The van der Waals surface area contributed by atoms with Gasteiger partial charge >= 0.3 is 5.97 Å². The van der Waals surface area contributed by atoms with Gasteiger partial charge in [0.25, 0.3) is 0 Å². The molecule has 0 fully saturated rings. The number of hydrogen-bond acceptors (Lipinski definition) is 6. The molecule has 0 spiro atoms. The molecule has 0 bridgehead atoms. The molecule has 0 saturated heterocycles. The molecular weight excluding hydrogens is 402 g/mol. The lowest BCUT2D eigenvalue weighted by Crippen LogP contribution is -2.35. The normalized spacial score (nSPS) is 20.2. The Morgan fingerprint density at radius 3 is 2.47 bits per heavy atom. The lowest BCUT2D eigenvalue weighted by Gasteiger charge is -2.34.